The molecule has 4 nitrogen and oxygen atoms in total. The van der Waals surface area contributed by atoms with Gasteiger partial charge in [0.15, 0.2) is 0 Å². The van der Waals surface area contributed by atoms with Gasteiger partial charge in [0.05, 0.1) is 13.2 Å². The summed E-state index contributed by atoms with van der Waals surface area (Å²) in [7, 11) is 0. The highest BCUT2D eigenvalue weighted by Gasteiger charge is 2.31. The van der Waals surface area contributed by atoms with E-state index in [1.54, 1.807) is 0 Å². The Labute approximate surface area is 145 Å². The van der Waals surface area contributed by atoms with E-state index in [2.05, 4.69) is 53.7 Å². The Bertz CT molecular complexity index is 552. The molecule has 0 aliphatic carbocycles. The van der Waals surface area contributed by atoms with Gasteiger partial charge in [-0.3, -0.25) is 0 Å². The largest absolute Gasteiger partial charge is 0.491 e. The molecule has 24 heavy (non-hydrogen) atoms. The van der Waals surface area contributed by atoms with Crippen LogP contribution in [-0.4, -0.2) is 38.6 Å². The van der Waals surface area contributed by atoms with Crippen LogP contribution in [0.15, 0.2) is 12.1 Å². The third kappa shape index (κ3) is 4.42. The first-order chi connectivity index (χ1) is 11.1. The Balaban J connectivity index is 1.97. The van der Waals surface area contributed by atoms with Crippen LogP contribution in [0, 0.1) is 0 Å². The molecule has 2 saturated heterocycles. The quantitative estimate of drug-likeness (QED) is 0.742. The van der Waals surface area contributed by atoms with Crippen LogP contribution in [0.3, 0.4) is 0 Å². The van der Waals surface area contributed by atoms with Crippen molar-refractivity contribution >= 4 is 0 Å². The summed E-state index contributed by atoms with van der Waals surface area (Å²) in [5.74, 6) is 1.89. The van der Waals surface area contributed by atoms with Gasteiger partial charge in [0.1, 0.15) is 36.9 Å². The van der Waals surface area contributed by atoms with Gasteiger partial charge < -0.3 is 18.9 Å². The van der Waals surface area contributed by atoms with Crippen molar-refractivity contribution in [2.45, 2.75) is 64.6 Å². The molecule has 1 aromatic rings. The molecule has 2 fully saturated rings. The summed E-state index contributed by atoms with van der Waals surface area (Å²) in [6, 6.07) is 4.25. The predicted molar refractivity (Wildman–Crippen MR) is 94.3 cm³/mol. The smallest absolute Gasteiger partial charge is 0.127 e. The fourth-order valence-corrected chi connectivity index (χ4v) is 2.65. The minimum Gasteiger partial charge on any atom is -0.491 e. The fraction of sp³-hybridized carbons (Fsp3) is 0.700. The molecule has 0 radical (unpaired) electrons. The number of benzene rings is 1. The minimum atomic E-state index is -0.0325. The highest BCUT2D eigenvalue weighted by atomic mass is 16.6. The summed E-state index contributed by atoms with van der Waals surface area (Å²) < 4.78 is 22.8. The molecule has 0 bridgehead atoms. The molecule has 2 heterocycles. The van der Waals surface area contributed by atoms with Crippen LogP contribution in [0.1, 0.15) is 52.7 Å². The SMILES string of the molecule is CC(C)(C)c1cc(OCC2CO2)cc(C(C)(C)C)c1OCC1CO1. The zero-order valence-corrected chi connectivity index (χ0v) is 15.8. The molecule has 0 aromatic heterocycles. The van der Waals surface area contributed by atoms with E-state index < -0.39 is 0 Å². The van der Waals surface area contributed by atoms with Gasteiger partial charge >= 0.3 is 0 Å². The first-order valence-corrected chi connectivity index (χ1v) is 8.82. The Kier molecular flexibility index (Phi) is 4.56. The van der Waals surface area contributed by atoms with E-state index in [0.717, 1.165) is 24.7 Å². The molecule has 2 aliphatic rings. The van der Waals surface area contributed by atoms with Crippen molar-refractivity contribution in [3.05, 3.63) is 23.3 Å². The maximum atomic E-state index is 6.23. The lowest BCUT2D eigenvalue weighted by Crippen LogP contribution is -2.21. The number of epoxide rings is 2. The molecule has 0 amide bonds. The lowest BCUT2D eigenvalue weighted by atomic mass is 9.79. The number of ether oxygens (including phenoxy) is 4. The normalized spacial score (nSPS) is 23.1. The van der Waals surface area contributed by atoms with E-state index in [9.17, 15) is 0 Å². The van der Waals surface area contributed by atoms with E-state index >= 15 is 0 Å². The van der Waals surface area contributed by atoms with Crippen LogP contribution in [0.4, 0.5) is 0 Å². The summed E-state index contributed by atoms with van der Waals surface area (Å²) in [4.78, 5) is 0. The summed E-state index contributed by atoms with van der Waals surface area (Å²) in [6.07, 6.45) is 0.498. The molecule has 1 aromatic carbocycles. The Hall–Kier alpha value is -1.26. The number of hydrogen-bond acceptors (Lipinski definition) is 4. The Morgan fingerprint density at radius 3 is 1.62 bits per heavy atom. The molecular formula is C20H30O4. The molecular weight excluding hydrogens is 304 g/mol. The van der Waals surface area contributed by atoms with Crippen molar-refractivity contribution in [2.75, 3.05) is 26.4 Å². The summed E-state index contributed by atoms with van der Waals surface area (Å²) >= 11 is 0. The van der Waals surface area contributed by atoms with Gasteiger partial charge in [0, 0.05) is 11.1 Å². The van der Waals surface area contributed by atoms with Crippen LogP contribution >= 0.6 is 0 Å². The van der Waals surface area contributed by atoms with E-state index in [1.807, 2.05) is 0 Å². The summed E-state index contributed by atoms with van der Waals surface area (Å²) in [5, 5.41) is 0. The second-order valence-corrected chi connectivity index (χ2v) is 8.88. The van der Waals surface area contributed by atoms with Crippen molar-refractivity contribution in [1.82, 2.24) is 0 Å². The topological polar surface area (TPSA) is 43.5 Å². The molecule has 3 rings (SSSR count). The fourth-order valence-electron chi connectivity index (χ4n) is 2.65. The first kappa shape index (κ1) is 17.6. The van der Waals surface area contributed by atoms with Gasteiger partial charge in [-0.15, -0.1) is 0 Å². The van der Waals surface area contributed by atoms with Crippen molar-refractivity contribution in [3.8, 4) is 11.5 Å². The van der Waals surface area contributed by atoms with Crippen LogP contribution in [-0.2, 0) is 20.3 Å². The monoisotopic (exact) mass is 334 g/mol. The van der Waals surface area contributed by atoms with Crippen LogP contribution in [0.25, 0.3) is 0 Å². The van der Waals surface area contributed by atoms with Crippen LogP contribution < -0.4 is 9.47 Å². The first-order valence-electron chi connectivity index (χ1n) is 8.82. The molecule has 0 N–H and O–H groups in total. The van der Waals surface area contributed by atoms with Crippen molar-refractivity contribution in [3.63, 3.8) is 0 Å². The molecule has 134 valence electrons. The summed E-state index contributed by atoms with van der Waals surface area (Å²) in [5.41, 5.74) is 2.30. The zero-order chi connectivity index (χ0) is 17.5. The van der Waals surface area contributed by atoms with Gasteiger partial charge in [0.2, 0.25) is 0 Å². The molecule has 2 atom stereocenters. The predicted octanol–water partition coefficient (Wildman–Crippen LogP) is 3.84. The number of hydrogen-bond donors (Lipinski definition) is 0. The van der Waals surface area contributed by atoms with Crippen molar-refractivity contribution in [2.24, 2.45) is 0 Å². The average Bonchev–Trinajstić information content (AvgIpc) is 3.34. The number of rotatable bonds is 6. The standard InChI is InChI=1S/C20H30O4/c1-19(2,3)16-7-13(21-9-14-10-22-14)8-17(20(4,5)6)18(16)24-12-15-11-23-15/h7-8,14-15H,9-12H2,1-6H3. The zero-order valence-electron chi connectivity index (χ0n) is 15.8. The molecule has 4 heteroatoms. The molecule has 0 spiro atoms. The third-order valence-corrected chi connectivity index (χ3v) is 4.33. The van der Waals surface area contributed by atoms with Gasteiger partial charge in [-0.05, 0) is 23.0 Å². The third-order valence-electron chi connectivity index (χ3n) is 4.33. The van der Waals surface area contributed by atoms with Crippen LogP contribution in [0.2, 0.25) is 0 Å². The van der Waals surface area contributed by atoms with E-state index in [0.29, 0.717) is 13.2 Å². The average molecular weight is 334 g/mol. The van der Waals surface area contributed by atoms with Gasteiger partial charge in [0.25, 0.3) is 0 Å². The van der Waals surface area contributed by atoms with Crippen molar-refractivity contribution < 1.29 is 18.9 Å². The lowest BCUT2D eigenvalue weighted by Gasteiger charge is -2.30. The van der Waals surface area contributed by atoms with E-state index in [1.165, 1.54) is 11.1 Å². The molecule has 2 unspecified atom stereocenters. The maximum absolute atomic E-state index is 6.23. The lowest BCUT2D eigenvalue weighted by molar-refractivity contribution is 0.248. The molecule has 2 aliphatic heterocycles. The second kappa shape index (κ2) is 6.23. The van der Waals surface area contributed by atoms with Gasteiger partial charge in [-0.1, -0.05) is 41.5 Å². The van der Waals surface area contributed by atoms with Gasteiger partial charge in [-0.2, -0.15) is 0 Å². The van der Waals surface area contributed by atoms with E-state index in [4.69, 9.17) is 18.9 Å². The Morgan fingerprint density at radius 1 is 0.833 bits per heavy atom. The van der Waals surface area contributed by atoms with E-state index in [-0.39, 0.29) is 23.0 Å². The van der Waals surface area contributed by atoms with Crippen LogP contribution in [0.5, 0.6) is 11.5 Å². The highest BCUT2D eigenvalue weighted by Crippen LogP contribution is 2.43. The summed E-state index contributed by atoms with van der Waals surface area (Å²) in [6.45, 7) is 16.1. The second-order valence-electron chi connectivity index (χ2n) is 8.88. The Morgan fingerprint density at radius 2 is 1.25 bits per heavy atom. The molecule has 0 saturated carbocycles. The highest BCUT2D eigenvalue weighted by molar-refractivity contribution is 5.53. The van der Waals surface area contributed by atoms with Crippen molar-refractivity contribution in [1.29, 1.82) is 0 Å². The maximum Gasteiger partial charge on any atom is 0.127 e. The van der Waals surface area contributed by atoms with Gasteiger partial charge in [-0.25, -0.2) is 0 Å². The minimum absolute atomic E-state index is 0.0325.